The molecule has 0 spiro atoms. The molecule has 0 saturated heterocycles. The summed E-state index contributed by atoms with van der Waals surface area (Å²) in [5.74, 6) is -0.128. The number of nitrogens with one attached hydrogen (secondary N) is 2. The third kappa shape index (κ3) is 5.38. The Morgan fingerprint density at radius 3 is 1.84 bits per heavy atom. The molecule has 0 unspecified atom stereocenters. The highest BCUT2D eigenvalue weighted by Gasteiger charge is 2.19. The van der Waals surface area contributed by atoms with Gasteiger partial charge < -0.3 is 4.74 Å². The molecule has 0 aliphatic carbocycles. The Morgan fingerprint density at radius 2 is 1.31 bits per heavy atom. The van der Waals surface area contributed by atoms with Crippen molar-refractivity contribution in [2.75, 3.05) is 16.6 Å². The molecule has 3 aromatic rings. The summed E-state index contributed by atoms with van der Waals surface area (Å²) in [6, 6.07) is 15.0. The Balaban J connectivity index is 1.89. The maximum atomic E-state index is 13.1. The number of hydrogen-bond donors (Lipinski definition) is 2. The van der Waals surface area contributed by atoms with E-state index >= 15 is 0 Å². The maximum Gasteiger partial charge on any atom is 0.262 e. The highest BCUT2D eigenvalue weighted by molar-refractivity contribution is 7.93. The number of hydrogen-bond acceptors (Lipinski definition) is 5. The summed E-state index contributed by atoms with van der Waals surface area (Å²) < 4.78 is 74.0. The van der Waals surface area contributed by atoms with Gasteiger partial charge in [0, 0.05) is 0 Å². The van der Waals surface area contributed by atoms with Crippen LogP contribution >= 0.6 is 0 Å². The zero-order chi connectivity index (χ0) is 23.5. The van der Waals surface area contributed by atoms with E-state index in [0.29, 0.717) is 0 Å². The second-order valence-corrected chi connectivity index (χ2v) is 10.7. The van der Waals surface area contributed by atoms with E-state index in [1.165, 1.54) is 37.4 Å². The van der Waals surface area contributed by atoms with Gasteiger partial charge in [0.2, 0.25) is 0 Å². The van der Waals surface area contributed by atoms with Crippen LogP contribution in [0.4, 0.5) is 15.8 Å². The van der Waals surface area contributed by atoms with Gasteiger partial charge in [-0.3, -0.25) is 9.44 Å². The number of ether oxygens (including phenoxy) is 1. The van der Waals surface area contributed by atoms with Crippen molar-refractivity contribution in [2.24, 2.45) is 0 Å². The first-order chi connectivity index (χ1) is 15.0. The van der Waals surface area contributed by atoms with Crippen LogP contribution in [0.15, 0.2) is 76.5 Å². The summed E-state index contributed by atoms with van der Waals surface area (Å²) in [5, 5.41) is 0. The van der Waals surface area contributed by atoms with Gasteiger partial charge in [0.05, 0.1) is 28.3 Å². The fraction of sp³-hybridized carbons (Fsp3) is 0.182. The molecule has 0 amide bonds. The summed E-state index contributed by atoms with van der Waals surface area (Å²) in [4.78, 5) is -0.0802. The number of rotatable bonds is 8. The minimum absolute atomic E-state index is 0.0205. The number of sulfonamides is 2. The van der Waals surface area contributed by atoms with Gasteiger partial charge in [-0.15, -0.1) is 0 Å². The molecule has 0 aliphatic rings. The van der Waals surface area contributed by atoms with E-state index in [2.05, 4.69) is 9.44 Å². The third-order valence-electron chi connectivity index (χ3n) is 4.68. The molecule has 3 aromatic carbocycles. The van der Waals surface area contributed by atoms with Crippen LogP contribution in [0.5, 0.6) is 5.75 Å². The summed E-state index contributed by atoms with van der Waals surface area (Å²) in [5.41, 5.74) is 1.16. The molecular formula is C22H23FN2O5S2. The van der Waals surface area contributed by atoms with Crippen LogP contribution in [0, 0.1) is 5.82 Å². The maximum absolute atomic E-state index is 13.1. The summed E-state index contributed by atoms with van der Waals surface area (Å²) in [6.45, 7) is 4.02. The van der Waals surface area contributed by atoms with Gasteiger partial charge in [-0.2, -0.15) is 0 Å². The molecule has 0 saturated carbocycles. The van der Waals surface area contributed by atoms with Gasteiger partial charge in [0.15, 0.2) is 0 Å². The molecule has 0 atom stereocenters. The molecule has 7 nitrogen and oxygen atoms in total. The molecule has 0 bridgehead atoms. The van der Waals surface area contributed by atoms with Crippen LogP contribution < -0.4 is 14.2 Å². The molecule has 0 heterocycles. The van der Waals surface area contributed by atoms with Gasteiger partial charge in [0.1, 0.15) is 11.6 Å². The Kier molecular flexibility index (Phi) is 6.75. The second-order valence-electron chi connectivity index (χ2n) is 7.30. The number of benzene rings is 3. The lowest BCUT2D eigenvalue weighted by atomic mass is 10.0. The van der Waals surface area contributed by atoms with E-state index in [-0.39, 0.29) is 32.8 Å². The van der Waals surface area contributed by atoms with Crippen LogP contribution in [-0.2, 0) is 20.0 Å². The fourth-order valence-corrected chi connectivity index (χ4v) is 5.03. The van der Waals surface area contributed by atoms with E-state index in [4.69, 9.17) is 4.74 Å². The zero-order valence-corrected chi connectivity index (χ0v) is 19.3. The standard InChI is InChI=1S/C22H23FN2O5S2/c1-15(2)16-4-9-19(10-5-16)31(26,27)24-18-8-13-22(30-3)21(14-18)25-32(28,29)20-11-6-17(23)7-12-20/h4-15,24-25H,1-3H3. The molecule has 0 radical (unpaired) electrons. The molecule has 3 rings (SSSR count). The van der Waals surface area contributed by atoms with Crippen molar-refractivity contribution >= 4 is 31.4 Å². The predicted octanol–water partition coefficient (Wildman–Crippen LogP) is 4.56. The lowest BCUT2D eigenvalue weighted by Gasteiger charge is -2.15. The summed E-state index contributed by atoms with van der Waals surface area (Å²) in [6.07, 6.45) is 0. The highest BCUT2D eigenvalue weighted by Crippen LogP contribution is 2.31. The summed E-state index contributed by atoms with van der Waals surface area (Å²) in [7, 11) is -6.61. The monoisotopic (exact) mass is 478 g/mol. The lowest BCUT2D eigenvalue weighted by Crippen LogP contribution is -2.15. The molecule has 10 heteroatoms. The Bertz CT molecular complexity index is 1310. The third-order valence-corrected chi connectivity index (χ3v) is 7.46. The van der Waals surface area contributed by atoms with Crippen molar-refractivity contribution in [3.8, 4) is 5.75 Å². The first-order valence-electron chi connectivity index (χ1n) is 9.61. The van der Waals surface area contributed by atoms with Crippen LogP contribution in [0.2, 0.25) is 0 Å². The first kappa shape index (κ1) is 23.6. The topological polar surface area (TPSA) is 102 Å². The quantitative estimate of drug-likeness (QED) is 0.494. The molecule has 0 fully saturated rings. The molecule has 32 heavy (non-hydrogen) atoms. The van der Waals surface area contributed by atoms with E-state index in [0.717, 1.165) is 29.8 Å². The van der Waals surface area contributed by atoms with Gasteiger partial charge >= 0.3 is 0 Å². The van der Waals surface area contributed by atoms with Crippen LogP contribution in [0.1, 0.15) is 25.3 Å². The normalized spacial score (nSPS) is 11.9. The van der Waals surface area contributed by atoms with Crippen molar-refractivity contribution in [3.05, 3.63) is 78.1 Å². The highest BCUT2D eigenvalue weighted by atomic mass is 32.2. The Labute approximate surface area is 187 Å². The van der Waals surface area contributed by atoms with Gasteiger partial charge in [-0.1, -0.05) is 26.0 Å². The first-order valence-corrected chi connectivity index (χ1v) is 12.6. The van der Waals surface area contributed by atoms with Crippen LogP contribution in [0.25, 0.3) is 0 Å². The van der Waals surface area contributed by atoms with Gasteiger partial charge in [-0.25, -0.2) is 21.2 Å². The van der Waals surface area contributed by atoms with Crippen molar-refractivity contribution in [1.29, 1.82) is 0 Å². The average molecular weight is 479 g/mol. The molecule has 0 aliphatic heterocycles. The van der Waals surface area contributed by atoms with E-state index in [9.17, 15) is 21.2 Å². The zero-order valence-electron chi connectivity index (χ0n) is 17.7. The van der Waals surface area contributed by atoms with E-state index < -0.39 is 25.9 Å². The Hall–Kier alpha value is -3.11. The fourth-order valence-electron chi connectivity index (χ4n) is 2.91. The van der Waals surface area contributed by atoms with Crippen molar-refractivity contribution in [3.63, 3.8) is 0 Å². The predicted molar refractivity (Wildman–Crippen MR) is 122 cm³/mol. The van der Waals surface area contributed by atoms with Crippen molar-refractivity contribution < 1.29 is 26.0 Å². The van der Waals surface area contributed by atoms with Gasteiger partial charge in [-0.05, 0) is 66.1 Å². The van der Waals surface area contributed by atoms with E-state index in [1.54, 1.807) is 12.1 Å². The lowest BCUT2D eigenvalue weighted by molar-refractivity contribution is 0.417. The molecule has 2 N–H and O–H groups in total. The van der Waals surface area contributed by atoms with Crippen LogP contribution in [0.3, 0.4) is 0 Å². The number of anilines is 2. The van der Waals surface area contributed by atoms with Crippen molar-refractivity contribution in [2.45, 2.75) is 29.6 Å². The van der Waals surface area contributed by atoms with Gasteiger partial charge in [0.25, 0.3) is 20.0 Å². The average Bonchev–Trinajstić information content (AvgIpc) is 2.74. The second kappa shape index (κ2) is 9.17. The van der Waals surface area contributed by atoms with Crippen molar-refractivity contribution in [1.82, 2.24) is 0 Å². The summed E-state index contributed by atoms with van der Waals surface area (Å²) >= 11 is 0. The van der Waals surface area contributed by atoms with Crippen LogP contribution in [-0.4, -0.2) is 23.9 Å². The SMILES string of the molecule is COc1ccc(NS(=O)(=O)c2ccc(C(C)C)cc2)cc1NS(=O)(=O)c1ccc(F)cc1. The number of halogens is 1. The van der Waals surface area contributed by atoms with E-state index in [1.807, 2.05) is 13.8 Å². The molecule has 0 aromatic heterocycles. The largest absolute Gasteiger partial charge is 0.495 e. The Morgan fingerprint density at radius 1 is 0.781 bits per heavy atom. The molecule has 170 valence electrons. The smallest absolute Gasteiger partial charge is 0.262 e. The molecular weight excluding hydrogens is 455 g/mol. The minimum Gasteiger partial charge on any atom is -0.495 e. The number of methoxy groups -OCH3 is 1. The minimum atomic E-state index is -4.06.